The number of hydrogen-bond donors (Lipinski definition) is 1. The van der Waals surface area contributed by atoms with Crippen LogP contribution in [0.25, 0.3) is 0 Å². The van der Waals surface area contributed by atoms with Crippen molar-refractivity contribution in [2.75, 3.05) is 7.11 Å². The molecule has 3 aliphatic carbocycles. The van der Waals surface area contributed by atoms with Crippen LogP contribution in [0.15, 0.2) is 30.3 Å². The maximum absolute atomic E-state index is 12.3. The zero-order valence-corrected chi connectivity index (χ0v) is 15.7. The van der Waals surface area contributed by atoms with Crippen LogP contribution in [0.5, 0.6) is 0 Å². The Morgan fingerprint density at radius 3 is 2.32 bits per heavy atom. The van der Waals surface area contributed by atoms with E-state index < -0.39 is 11.2 Å². The second-order valence-corrected chi connectivity index (χ2v) is 8.71. The maximum atomic E-state index is 12.3. The summed E-state index contributed by atoms with van der Waals surface area (Å²) in [5, 5.41) is 11.2. The Morgan fingerprint density at radius 1 is 1.16 bits per heavy atom. The lowest BCUT2D eigenvalue weighted by Gasteiger charge is -2.57. The molecule has 4 atom stereocenters. The van der Waals surface area contributed by atoms with E-state index in [0.29, 0.717) is 6.42 Å². The lowest BCUT2D eigenvalue weighted by molar-refractivity contribution is -0.212. The highest BCUT2D eigenvalue weighted by atomic mass is 16.6. The first-order valence-electron chi connectivity index (χ1n) is 9.23. The first-order valence-corrected chi connectivity index (χ1v) is 9.23. The highest BCUT2D eigenvalue weighted by Crippen LogP contribution is 2.58. The van der Waals surface area contributed by atoms with Crippen molar-refractivity contribution in [1.29, 1.82) is 0 Å². The molecule has 4 nitrogen and oxygen atoms in total. The molecule has 0 heterocycles. The van der Waals surface area contributed by atoms with Crippen molar-refractivity contribution in [3.8, 4) is 0 Å². The molecular weight excluding hydrogens is 316 g/mol. The minimum atomic E-state index is -0.984. The standard InChI is InChI=1S/C21H30O4/c1-19(2,3)25-18(22)14-20(23)12-17-11-10-16(20)13-21(17,24-4)15-8-6-5-7-9-15/h5-9,16-17,23H,10-14H2,1-4H3/t16-,17-,20-,21+/m1/s1. The summed E-state index contributed by atoms with van der Waals surface area (Å²) in [5.74, 6) is -0.0622. The molecule has 3 saturated carbocycles. The van der Waals surface area contributed by atoms with Gasteiger partial charge in [-0.3, -0.25) is 4.79 Å². The van der Waals surface area contributed by atoms with Crippen LogP contribution in [0.2, 0.25) is 0 Å². The number of carbonyl (C=O) groups is 1. The molecule has 1 N–H and O–H groups in total. The molecule has 3 aliphatic rings. The zero-order valence-electron chi connectivity index (χ0n) is 15.7. The van der Waals surface area contributed by atoms with Crippen molar-refractivity contribution in [2.24, 2.45) is 11.8 Å². The van der Waals surface area contributed by atoms with Crippen LogP contribution in [-0.2, 0) is 19.9 Å². The highest BCUT2D eigenvalue weighted by Gasteiger charge is 2.58. The first kappa shape index (κ1) is 18.4. The van der Waals surface area contributed by atoms with Crippen LogP contribution in [0, 0.1) is 11.8 Å². The monoisotopic (exact) mass is 346 g/mol. The Hall–Kier alpha value is -1.39. The number of hydrogen-bond acceptors (Lipinski definition) is 4. The number of rotatable bonds is 4. The molecule has 4 heteroatoms. The van der Waals surface area contributed by atoms with Gasteiger partial charge < -0.3 is 14.6 Å². The second-order valence-electron chi connectivity index (χ2n) is 8.71. The fourth-order valence-corrected chi connectivity index (χ4v) is 4.87. The van der Waals surface area contributed by atoms with Gasteiger partial charge in [-0.05, 0) is 63.9 Å². The summed E-state index contributed by atoms with van der Waals surface area (Å²) in [6.07, 6.45) is 3.35. The van der Waals surface area contributed by atoms with Gasteiger partial charge in [0.15, 0.2) is 0 Å². The predicted octanol–water partition coefficient (Wildman–Crippen LogP) is 3.81. The molecule has 0 unspecified atom stereocenters. The zero-order chi connectivity index (χ0) is 18.3. The molecule has 25 heavy (non-hydrogen) atoms. The van der Waals surface area contributed by atoms with Crippen molar-refractivity contribution >= 4 is 5.97 Å². The second kappa shape index (κ2) is 6.40. The number of esters is 1. The Morgan fingerprint density at radius 2 is 1.80 bits per heavy atom. The summed E-state index contributed by atoms with van der Waals surface area (Å²) >= 11 is 0. The van der Waals surface area contributed by atoms with Gasteiger partial charge in [-0.15, -0.1) is 0 Å². The molecular formula is C21H30O4. The summed E-state index contributed by atoms with van der Waals surface area (Å²) in [4.78, 5) is 12.3. The van der Waals surface area contributed by atoms with E-state index in [0.717, 1.165) is 19.3 Å². The van der Waals surface area contributed by atoms with E-state index in [9.17, 15) is 9.90 Å². The molecule has 0 spiro atoms. The van der Waals surface area contributed by atoms with Gasteiger partial charge in [0, 0.05) is 7.11 Å². The van der Waals surface area contributed by atoms with Crippen LogP contribution in [0.3, 0.4) is 0 Å². The molecule has 138 valence electrons. The lowest BCUT2D eigenvalue weighted by Crippen LogP contribution is -2.58. The minimum Gasteiger partial charge on any atom is -0.460 e. The van der Waals surface area contributed by atoms with E-state index in [2.05, 4.69) is 12.1 Å². The van der Waals surface area contributed by atoms with E-state index in [1.165, 1.54) is 5.56 Å². The summed E-state index contributed by atoms with van der Waals surface area (Å²) in [5.41, 5.74) is -0.695. The average molecular weight is 346 g/mol. The number of ether oxygens (including phenoxy) is 2. The van der Waals surface area contributed by atoms with Gasteiger partial charge in [0.05, 0.1) is 17.6 Å². The van der Waals surface area contributed by atoms with E-state index >= 15 is 0 Å². The molecule has 1 aromatic carbocycles. The summed E-state index contributed by atoms with van der Waals surface area (Å²) < 4.78 is 11.5. The molecule has 0 amide bonds. The van der Waals surface area contributed by atoms with E-state index in [1.807, 2.05) is 39.0 Å². The summed E-state index contributed by atoms with van der Waals surface area (Å²) in [6.45, 7) is 5.56. The summed E-state index contributed by atoms with van der Waals surface area (Å²) in [7, 11) is 1.76. The fraction of sp³-hybridized carbons (Fsp3) is 0.667. The normalized spacial score (nSPS) is 34.8. The summed E-state index contributed by atoms with van der Waals surface area (Å²) in [6, 6.07) is 10.3. The van der Waals surface area contributed by atoms with E-state index in [1.54, 1.807) is 7.11 Å². The largest absolute Gasteiger partial charge is 0.460 e. The number of aliphatic hydroxyl groups is 1. The lowest BCUT2D eigenvalue weighted by atomic mass is 9.53. The van der Waals surface area contributed by atoms with Crippen LogP contribution < -0.4 is 0 Å². The van der Waals surface area contributed by atoms with Gasteiger partial charge in [0.1, 0.15) is 5.60 Å². The first-order chi connectivity index (χ1) is 11.7. The third kappa shape index (κ3) is 3.47. The van der Waals surface area contributed by atoms with Gasteiger partial charge in [0.25, 0.3) is 0 Å². The quantitative estimate of drug-likeness (QED) is 0.842. The molecule has 2 bridgehead atoms. The Bertz CT molecular complexity index is 621. The molecule has 0 aromatic heterocycles. The number of carbonyl (C=O) groups excluding carboxylic acids is 1. The third-order valence-corrected chi connectivity index (χ3v) is 5.93. The minimum absolute atomic E-state index is 0.0465. The number of methoxy groups -OCH3 is 1. The predicted molar refractivity (Wildman–Crippen MR) is 96.0 cm³/mol. The Balaban J connectivity index is 1.81. The molecule has 0 radical (unpaired) electrons. The third-order valence-electron chi connectivity index (χ3n) is 5.93. The van der Waals surface area contributed by atoms with Crippen LogP contribution >= 0.6 is 0 Å². The van der Waals surface area contributed by atoms with Gasteiger partial charge in [0.2, 0.25) is 0 Å². The smallest absolute Gasteiger partial charge is 0.309 e. The molecule has 0 saturated heterocycles. The topological polar surface area (TPSA) is 55.8 Å². The SMILES string of the molecule is CO[C@]1(c2ccccc2)C[C@H]2CC[C@@H]1C[C@@]2(O)CC(=O)OC(C)(C)C. The van der Waals surface area contributed by atoms with Gasteiger partial charge in [-0.2, -0.15) is 0 Å². The van der Waals surface area contributed by atoms with E-state index in [-0.39, 0.29) is 29.8 Å². The van der Waals surface area contributed by atoms with Crippen molar-refractivity contribution in [3.63, 3.8) is 0 Å². The van der Waals surface area contributed by atoms with Crippen molar-refractivity contribution < 1.29 is 19.4 Å². The van der Waals surface area contributed by atoms with Gasteiger partial charge in [-0.25, -0.2) is 0 Å². The van der Waals surface area contributed by atoms with Gasteiger partial charge >= 0.3 is 5.97 Å². The maximum Gasteiger partial charge on any atom is 0.309 e. The Kier molecular flexibility index (Phi) is 4.71. The number of fused-ring (bicyclic) bond motifs is 3. The van der Waals surface area contributed by atoms with Crippen molar-refractivity contribution in [2.45, 2.75) is 69.7 Å². The van der Waals surface area contributed by atoms with Crippen LogP contribution in [0.4, 0.5) is 0 Å². The molecule has 4 rings (SSSR count). The van der Waals surface area contributed by atoms with Crippen LogP contribution in [-0.4, -0.2) is 29.4 Å². The number of benzene rings is 1. The Labute approximate surface area is 150 Å². The van der Waals surface area contributed by atoms with Gasteiger partial charge in [-0.1, -0.05) is 30.3 Å². The van der Waals surface area contributed by atoms with Crippen molar-refractivity contribution in [3.05, 3.63) is 35.9 Å². The van der Waals surface area contributed by atoms with Crippen molar-refractivity contribution in [1.82, 2.24) is 0 Å². The molecule has 1 aromatic rings. The molecule has 3 fully saturated rings. The highest BCUT2D eigenvalue weighted by molar-refractivity contribution is 5.71. The molecule has 0 aliphatic heterocycles. The van der Waals surface area contributed by atoms with Crippen LogP contribution in [0.1, 0.15) is 58.4 Å². The fourth-order valence-electron chi connectivity index (χ4n) is 4.87. The average Bonchev–Trinajstić information content (AvgIpc) is 2.53. The van der Waals surface area contributed by atoms with E-state index in [4.69, 9.17) is 9.47 Å².